The Labute approximate surface area is 143 Å². The van der Waals surface area contributed by atoms with E-state index < -0.39 is 11.7 Å². The molecule has 0 bridgehead atoms. The predicted molar refractivity (Wildman–Crippen MR) is 90.6 cm³/mol. The molecule has 1 atom stereocenters. The van der Waals surface area contributed by atoms with E-state index >= 15 is 0 Å². The van der Waals surface area contributed by atoms with Gasteiger partial charge in [-0.05, 0) is 39.2 Å². The first-order valence-corrected chi connectivity index (χ1v) is 8.28. The molecule has 0 saturated carbocycles. The Morgan fingerprint density at radius 3 is 2.62 bits per heavy atom. The largest absolute Gasteiger partial charge is 0.445 e. The molecule has 1 heterocycles. The van der Waals surface area contributed by atoms with Gasteiger partial charge in [-0.15, -0.1) is 0 Å². The summed E-state index contributed by atoms with van der Waals surface area (Å²) in [6.07, 6.45) is 0.837. The number of amides is 2. The Bertz CT molecular complexity index is 554. The van der Waals surface area contributed by atoms with E-state index in [2.05, 4.69) is 5.32 Å². The molecule has 1 unspecified atom stereocenters. The van der Waals surface area contributed by atoms with Gasteiger partial charge in [-0.1, -0.05) is 30.3 Å². The van der Waals surface area contributed by atoms with E-state index in [4.69, 9.17) is 9.47 Å². The lowest BCUT2D eigenvalue weighted by molar-refractivity contribution is 0.0450. The van der Waals surface area contributed by atoms with Gasteiger partial charge in [0, 0.05) is 19.1 Å². The number of alkyl carbamates (subject to hydrolysis) is 1. The van der Waals surface area contributed by atoms with Gasteiger partial charge in [0.25, 0.3) is 0 Å². The maximum atomic E-state index is 12.2. The molecule has 0 radical (unpaired) electrons. The van der Waals surface area contributed by atoms with Crippen molar-refractivity contribution in [3.8, 4) is 0 Å². The summed E-state index contributed by atoms with van der Waals surface area (Å²) in [7, 11) is 0. The lowest BCUT2D eigenvalue weighted by atomic mass is 10.1. The van der Waals surface area contributed by atoms with Gasteiger partial charge < -0.3 is 19.7 Å². The number of hydrogen-bond donors (Lipinski definition) is 1. The van der Waals surface area contributed by atoms with Gasteiger partial charge in [0.05, 0.1) is 0 Å². The molecule has 1 aromatic rings. The lowest BCUT2D eigenvalue weighted by Crippen LogP contribution is -2.50. The standard InChI is InChI=1S/C18H26N2O4/c1-18(2,3)24-16(21)19-15-10-7-11-20(12-15)17(22)23-13-14-8-5-4-6-9-14/h4-6,8-9,15H,7,10-13H2,1-3H3,(H,19,21). The van der Waals surface area contributed by atoms with E-state index in [1.54, 1.807) is 4.90 Å². The summed E-state index contributed by atoms with van der Waals surface area (Å²) < 4.78 is 10.6. The number of nitrogens with zero attached hydrogens (tertiary/aromatic N) is 1. The predicted octanol–water partition coefficient (Wildman–Crippen LogP) is 3.31. The number of ether oxygens (including phenoxy) is 2. The molecule has 1 saturated heterocycles. The average molecular weight is 334 g/mol. The zero-order valence-corrected chi connectivity index (χ0v) is 14.6. The molecule has 1 fully saturated rings. The Hall–Kier alpha value is -2.24. The van der Waals surface area contributed by atoms with Crippen LogP contribution >= 0.6 is 0 Å². The summed E-state index contributed by atoms with van der Waals surface area (Å²) in [5.41, 5.74) is 0.416. The second kappa shape index (κ2) is 8.04. The number of benzene rings is 1. The molecular formula is C18H26N2O4. The summed E-state index contributed by atoms with van der Waals surface area (Å²) in [6, 6.07) is 9.45. The van der Waals surface area contributed by atoms with Crippen LogP contribution in [0.3, 0.4) is 0 Å². The van der Waals surface area contributed by atoms with E-state index in [0.717, 1.165) is 18.4 Å². The Kier molecular flexibility index (Phi) is 6.06. The molecule has 0 aliphatic carbocycles. The minimum absolute atomic E-state index is 0.113. The highest BCUT2D eigenvalue weighted by atomic mass is 16.6. The van der Waals surface area contributed by atoms with E-state index in [1.165, 1.54) is 0 Å². The van der Waals surface area contributed by atoms with Crippen LogP contribution in [0.4, 0.5) is 9.59 Å². The topological polar surface area (TPSA) is 67.9 Å². The van der Waals surface area contributed by atoms with Crippen molar-refractivity contribution >= 4 is 12.2 Å². The molecule has 24 heavy (non-hydrogen) atoms. The fourth-order valence-corrected chi connectivity index (χ4v) is 2.55. The molecule has 1 aliphatic heterocycles. The first kappa shape index (κ1) is 18.1. The van der Waals surface area contributed by atoms with Crippen LogP contribution in [0, 0.1) is 0 Å². The normalized spacial score (nSPS) is 18.0. The number of carbonyl (C=O) groups excluding carboxylic acids is 2. The summed E-state index contributed by atoms with van der Waals surface area (Å²) in [4.78, 5) is 25.7. The SMILES string of the molecule is CC(C)(C)OC(=O)NC1CCCN(C(=O)OCc2ccccc2)C1. The maximum absolute atomic E-state index is 12.2. The second-order valence-corrected chi connectivity index (χ2v) is 6.97. The zero-order chi connectivity index (χ0) is 17.6. The molecule has 132 valence electrons. The monoisotopic (exact) mass is 334 g/mol. The number of hydrogen-bond acceptors (Lipinski definition) is 4. The van der Waals surface area contributed by atoms with Gasteiger partial charge in [-0.3, -0.25) is 0 Å². The van der Waals surface area contributed by atoms with Crippen LogP contribution in [-0.4, -0.2) is 41.8 Å². The number of piperidine rings is 1. The van der Waals surface area contributed by atoms with Crippen molar-refractivity contribution in [1.82, 2.24) is 10.2 Å². The summed E-state index contributed by atoms with van der Waals surface area (Å²) in [5.74, 6) is 0. The van der Waals surface area contributed by atoms with Gasteiger partial charge in [0.1, 0.15) is 12.2 Å². The fourth-order valence-electron chi connectivity index (χ4n) is 2.55. The fraction of sp³-hybridized carbons (Fsp3) is 0.556. The van der Waals surface area contributed by atoms with Crippen molar-refractivity contribution < 1.29 is 19.1 Å². The van der Waals surface area contributed by atoms with Crippen molar-refractivity contribution in [1.29, 1.82) is 0 Å². The lowest BCUT2D eigenvalue weighted by Gasteiger charge is -2.33. The third kappa shape index (κ3) is 6.10. The number of rotatable bonds is 3. The van der Waals surface area contributed by atoms with Crippen LogP contribution in [0.2, 0.25) is 0 Å². The van der Waals surface area contributed by atoms with Gasteiger partial charge >= 0.3 is 12.2 Å². The molecular weight excluding hydrogens is 308 g/mol. The zero-order valence-electron chi connectivity index (χ0n) is 14.6. The van der Waals surface area contributed by atoms with Crippen LogP contribution in [0.25, 0.3) is 0 Å². The number of nitrogens with one attached hydrogen (secondary N) is 1. The Morgan fingerprint density at radius 1 is 1.25 bits per heavy atom. The van der Waals surface area contributed by atoms with Crippen molar-refractivity contribution in [2.24, 2.45) is 0 Å². The Balaban J connectivity index is 1.79. The van der Waals surface area contributed by atoms with Crippen molar-refractivity contribution in [3.05, 3.63) is 35.9 Å². The third-order valence-electron chi connectivity index (χ3n) is 3.61. The number of carbonyl (C=O) groups is 2. The second-order valence-electron chi connectivity index (χ2n) is 6.97. The van der Waals surface area contributed by atoms with Crippen LogP contribution in [0.5, 0.6) is 0 Å². The first-order chi connectivity index (χ1) is 11.3. The molecule has 0 aromatic heterocycles. The molecule has 1 N–H and O–H groups in total. The molecule has 2 rings (SSSR count). The van der Waals surface area contributed by atoms with Crippen LogP contribution in [-0.2, 0) is 16.1 Å². The average Bonchev–Trinajstić information content (AvgIpc) is 2.52. The van der Waals surface area contributed by atoms with Crippen LogP contribution in [0.15, 0.2) is 30.3 Å². The van der Waals surface area contributed by atoms with Gasteiger partial charge in [-0.2, -0.15) is 0 Å². The highest BCUT2D eigenvalue weighted by Gasteiger charge is 2.27. The minimum atomic E-state index is -0.535. The minimum Gasteiger partial charge on any atom is -0.445 e. The summed E-state index contributed by atoms with van der Waals surface area (Å²) in [6.45, 7) is 6.79. The highest BCUT2D eigenvalue weighted by molar-refractivity contribution is 5.69. The number of likely N-dealkylation sites (tertiary alicyclic amines) is 1. The van der Waals surface area contributed by atoms with E-state index in [0.29, 0.717) is 13.1 Å². The Morgan fingerprint density at radius 2 is 1.96 bits per heavy atom. The van der Waals surface area contributed by atoms with Gasteiger partial charge in [0.2, 0.25) is 0 Å². The molecule has 1 aliphatic rings. The first-order valence-electron chi connectivity index (χ1n) is 8.28. The van der Waals surface area contributed by atoms with Crippen molar-refractivity contribution in [2.75, 3.05) is 13.1 Å². The molecule has 2 amide bonds. The van der Waals surface area contributed by atoms with Crippen molar-refractivity contribution in [2.45, 2.75) is 51.9 Å². The van der Waals surface area contributed by atoms with Crippen LogP contribution < -0.4 is 5.32 Å². The molecule has 6 nitrogen and oxygen atoms in total. The highest BCUT2D eigenvalue weighted by Crippen LogP contribution is 2.14. The molecule has 0 spiro atoms. The maximum Gasteiger partial charge on any atom is 0.410 e. The summed E-state index contributed by atoms with van der Waals surface area (Å²) >= 11 is 0. The van der Waals surface area contributed by atoms with E-state index in [1.807, 2.05) is 51.1 Å². The van der Waals surface area contributed by atoms with E-state index in [9.17, 15) is 9.59 Å². The third-order valence-corrected chi connectivity index (χ3v) is 3.61. The van der Waals surface area contributed by atoms with E-state index in [-0.39, 0.29) is 18.7 Å². The van der Waals surface area contributed by atoms with Gasteiger partial charge in [-0.25, -0.2) is 9.59 Å². The summed E-state index contributed by atoms with van der Waals surface area (Å²) in [5, 5.41) is 2.82. The molecule has 6 heteroatoms. The van der Waals surface area contributed by atoms with Gasteiger partial charge in [0.15, 0.2) is 0 Å². The smallest absolute Gasteiger partial charge is 0.410 e. The van der Waals surface area contributed by atoms with Crippen molar-refractivity contribution in [3.63, 3.8) is 0 Å². The quantitative estimate of drug-likeness (QED) is 0.921. The molecule has 1 aromatic carbocycles. The van der Waals surface area contributed by atoms with Crippen LogP contribution in [0.1, 0.15) is 39.2 Å².